The molecule has 1 N–H and O–H groups in total. The number of methoxy groups -OCH3 is 1. The van der Waals surface area contributed by atoms with Crippen molar-refractivity contribution in [3.8, 4) is 22.7 Å². The van der Waals surface area contributed by atoms with Gasteiger partial charge in [-0.25, -0.2) is 4.68 Å². The molecular formula is C23H27N3O2. The van der Waals surface area contributed by atoms with Crippen molar-refractivity contribution in [2.24, 2.45) is 0 Å². The Kier molecular flexibility index (Phi) is 5.83. The molecule has 0 radical (unpaired) electrons. The van der Waals surface area contributed by atoms with Crippen LogP contribution < -0.4 is 10.1 Å². The summed E-state index contributed by atoms with van der Waals surface area (Å²) in [6.45, 7) is 8.11. The molecule has 0 aliphatic heterocycles. The van der Waals surface area contributed by atoms with Gasteiger partial charge in [-0.3, -0.25) is 4.79 Å². The van der Waals surface area contributed by atoms with Crippen molar-refractivity contribution in [3.63, 3.8) is 0 Å². The summed E-state index contributed by atoms with van der Waals surface area (Å²) in [6, 6.07) is 15.8. The summed E-state index contributed by atoms with van der Waals surface area (Å²) in [5, 5.41) is 7.84. The predicted octanol–water partition coefficient (Wildman–Crippen LogP) is 4.69. The summed E-state index contributed by atoms with van der Waals surface area (Å²) in [4.78, 5) is 13.0. The topological polar surface area (TPSA) is 56.1 Å². The van der Waals surface area contributed by atoms with Gasteiger partial charge in [0.25, 0.3) is 5.91 Å². The van der Waals surface area contributed by atoms with E-state index in [4.69, 9.17) is 9.84 Å². The number of carbonyl (C=O) groups is 1. The first-order chi connectivity index (χ1) is 13.4. The Morgan fingerprint density at radius 1 is 1.18 bits per heavy atom. The van der Waals surface area contributed by atoms with Gasteiger partial charge in [-0.05, 0) is 62.6 Å². The van der Waals surface area contributed by atoms with Crippen molar-refractivity contribution in [2.45, 2.75) is 40.2 Å². The maximum absolute atomic E-state index is 13.0. The van der Waals surface area contributed by atoms with Crippen molar-refractivity contribution >= 4 is 5.91 Å². The molecule has 5 heteroatoms. The Bertz CT molecular complexity index is 991. The Morgan fingerprint density at radius 3 is 2.68 bits per heavy atom. The van der Waals surface area contributed by atoms with E-state index >= 15 is 0 Å². The summed E-state index contributed by atoms with van der Waals surface area (Å²) in [5.41, 5.74) is 5.24. The second-order valence-electron chi connectivity index (χ2n) is 7.13. The molecule has 3 rings (SSSR count). The third kappa shape index (κ3) is 4.09. The number of rotatable bonds is 6. The zero-order valence-corrected chi connectivity index (χ0v) is 17.1. The Morgan fingerprint density at radius 2 is 1.96 bits per heavy atom. The fraction of sp³-hybridized carbons (Fsp3) is 0.304. The average Bonchev–Trinajstić information content (AvgIpc) is 3.15. The largest absolute Gasteiger partial charge is 0.497 e. The fourth-order valence-electron chi connectivity index (χ4n) is 3.00. The lowest BCUT2D eigenvalue weighted by Gasteiger charge is -2.14. The standard InChI is InChI=1S/C23H27N3O2/c1-6-17(4)24-23(27)22-14-20(18-8-7-9-19(13-18)28-5)25-26(22)21-12-15(2)10-11-16(21)3/h7-14,17H,6H2,1-5H3,(H,24,27)/t17-/m0/s1. The molecule has 0 bridgehead atoms. The van der Waals surface area contributed by atoms with Gasteiger partial charge in [0, 0.05) is 11.6 Å². The molecule has 0 unspecified atom stereocenters. The molecule has 1 heterocycles. The summed E-state index contributed by atoms with van der Waals surface area (Å²) in [5.74, 6) is 0.626. The summed E-state index contributed by atoms with van der Waals surface area (Å²) in [6.07, 6.45) is 0.867. The fourth-order valence-corrected chi connectivity index (χ4v) is 3.00. The van der Waals surface area contributed by atoms with Gasteiger partial charge in [-0.2, -0.15) is 5.10 Å². The van der Waals surface area contributed by atoms with Crippen LogP contribution in [0.1, 0.15) is 41.9 Å². The van der Waals surface area contributed by atoms with Crippen LogP contribution in [-0.4, -0.2) is 28.8 Å². The van der Waals surface area contributed by atoms with E-state index in [0.29, 0.717) is 5.69 Å². The molecule has 3 aromatic rings. The van der Waals surface area contributed by atoms with E-state index in [9.17, 15) is 4.79 Å². The molecule has 0 fully saturated rings. The number of carbonyl (C=O) groups excluding carboxylic acids is 1. The van der Waals surface area contributed by atoms with E-state index in [1.165, 1.54) is 0 Å². The maximum Gasteiger partial charge on any atom is 0.270 e. The normalized spacial score (nSPS) is 11.9. The first-order valence-electron chi connectivity index (χ1n) is 9.56. The van der Waals surface area contributed by atoms with Crippen molar-refractivity contribution in [1.82, 2.24) is 15.1 Å². The monoisotopic (exact) mass is 377 g/mol. The summed E-state index contributed by atoms with van der Waals surface area (Å²) in [7, 11) is 1.64. The molecule has 1 aromatic heterocycles. The smallest absolute Gasteiger partial charge is 0.270 e. The number of nitrogens with one attached hydrogen (secondary N) is 1. The van der Waals surface area contributed by atoms with Gasteiger partial charge < -0.3 is 10.1 Å². The first-order valence-corrected chi connectivity index (χ1v) is 9.56. The number of hydrogen-bond acceptors (Lipinski definition) is 3. The molecule has 28 heavy (non-hydrogen) atoms. The molecule has 5 nitrogen and oxygen atoms in total. The third-order valence-electron chi connectivity index (χ3n) is 4.89. The number of ether oxygens (including phenoxy) is 1. The van der Waals surface area contributed by atoms with Crippen LogP contribution in [-0.2, 0) is 0 Å². The quantitative estimate of drug-likeness (QED) is 0.678. The molecule has 1 amide bonds. The van der Waals surface area contributed by atoms with Gasteiger partial charge in [0.2, 0.25) is 0 Å². The van der Waals surface area contributed by atoms with E-state index in [1.54, 1.807) is 11.8 Å². The van der Waals surface area contributed by atoms with Crippen molar-refractivity contribution < 1.29 is 9.53 Å². The van der Waals surface area contributed by atoms with Crippen LogP contribution in [0.5, 0.6) is 5.75 Å². The van der Waals surface area contributed by atoms with E-state index in [1.807, 2.05) is 57.2 Å². The van der Waals surface area contributed by atoms with Crippen LogP contribution in [0.2, 0.25) is 0 Å². The molecule has 2 aromatic carbocycles. The second kappa shape index (κ2) is 8.30. The van der Waals surface area contributed by atoms with Crippen LogP contribution in [0, 0.1) is 13.8 Å². The van der Waals surface area contributed by atoms with E-state index < -0.39 is 0 Å². The molecular weight excluding hydrogens is 350 g/mol. The Hall–Kier alpha value is -3.08. The van der Waals surface area contributed by atoms with Crippen molar-refractivity contribution in [2.75, 3.05) is 7.11 Å². The van der Waals surface area contributed by atoms with Crippen LogP contribution in [0.3, 0.4) is 0 Å². The van der Waals surface area contributed by atoms with Crippen LogP contribution in [0.4, 0.5) is 0 Å². The Labute approximate surface area is 166 Å². The molecule has 0 saturated heterocycles. The summed E-state index contributed by atoms with van der Waals surface area (Å²) >= 11 is 0. The lowest BCUT2D eigenvalue weighted by molar-refractivity contribution is 0.0931. The van der Waals surface area contributed by atoms with Gasteiger partial charge in [0.15, 0.2) is 0 Å². The number of amides is 1. The van der Waals surface area contributed by atoms with Crippen molar-refractivity contribution in [3.05, 3.63) is 65.4 Å². The van der Waals surface area contributed by atoms with Crippen LogP contribution >= 0.6 is 0 Å². The molecule has 0 saturated carbocycles. The Balaban J connectivity index is 2.14. The highest BCUT2D eigenvalue weighted by Crippen LogP contribution is 2.26. The number of nitrogens with zero attached hydrogens (tertiary/aromatic N) is 2. The molecule has 0 aliphatic rings. The van der Waals surface area contributed by atoms with Crippen molar-refractivity contribution in [1.29, 1.82) is 0 Å². The zero-order valence-electron chi connectivity index (χ0n) is 17.1. The second-order valence-corrected chi connectivity index (χ2v) is 7.13. The lowest BCUT2D eigenvalue weighted by Crippen LogP contribution is -2.33. The highest BCUT2D eigenvalue weighted by molar-refractivity contribution is 5.94. The van der Waals surface area contributed by atoms with Crippen LogP contribution in [0.15, 0.2) is 48.5 Å². The number of benzene rings is 2. The van der Waals surface area contributed by atoms with Gasteiger partial charge in [-0.1, -0.05) is 31.2 Å². The van der Waals surface area contributed by atoms with E-state index in [-0.39, 0.29) is 11.9 Å². The lowest BCUT2D eigenvalue weighted by atomic mass is 10.1. The molecule has 0 aliphatic carbocycles. The number of aryl methyl sites for hydroxylation is 2. The highest BCUT2D eigenvalue weighted by Gasteiger charge is 2.20. The van der Waals surface area contributed by atoms with E-state index in [0.717, 1.165) is 40.2 Å². The highest BCUT2D eigenvalue weighted by atomic mass is 16.5. The minimum Gasteiger partial charge on any atom is -0.497 e. The molecule has 0 spiro atoms. The molecule has 1 atom stereocenters. The van der Waals surface area contributed by atoms with Gasteiger partial charge in [0.1, 0.15) is 11.4 Å². The number of hydrogen-bond donors (Lipinski definition) is 1. The minimum atomic E-state index is -0.128. The maximum atomic E-state index is 13.0. The summed E-state index contributed by atoms with van der Waals surface area (Å²) < 4.78 is 7.08. The van der Waals surface area contributed by atoms with E-state index in [2.05, 4.69) is 24.4 Å². The van der Waals surface area contributed by atoms with Gasteiger partial charge >= 0.3 is 0 Å². The zero-order chi connectivity index (χ0) is 20.3. The van der Waals surface area contributed by atoms with Gasteiger partial charge in [0.05, 0.1) is 18.5 Å². The number of aromatic nitrogens is 2. The average molecular weight is 377 g/mol. The van der Waals surface area contributed by atoms with Crippen LogP contribution in [0.25, 0.3) is 16.9 Å². The van der Waals surface area contributed by atoms with Gasteiger partial charge in [-0.15, -0.1) is 0 Å². The third-order valence-corrected chi connectivity index (χ3v) is 4.89. The minimum absolute atomic E-state index is 0.0923. The predicted molar refractivity (Wildman–Crippen MR) is 112 cm³/mol. The SMILES string of the molecule is CC[C@H](C)NC(=O)c1cc(-c2cccc(OC)c2)nn1-c1cc(C)ccc1C. The first kappa shape index (κ1) is 19.7. The molecule has 146 valence electrons.